The van der Waals surface area contributed by atoms with Gasteiger partial charge in [0, 0.05) is 18.2 Å². The Kier molecular flexibility index (Phi) is 6.37. The minimum absolute atomic E-state index is 0.136. The number of benzene rings is 2. The summed E-state index contributed by atoms with van der Waals surface area (Å²) in [5.41, 5.74) is 3.12. The van der Waals surface area contributed by atoms with Crippen LogP contribution in [0.15, 0.2) is 54.6 Å². The van der Waals surface area contributed by atoms with E-state index in [0.29, 0.717) is 30.1 Å². The van der Waals surface area contributed by atoms with Gasteiger partial charge in [0.05, 0.1) is 18.9 Å². The van der Waals surface area contributed by atoms with Crippen LogP contribution < -0.4 is 10.6 Å². The molecule has 2 amide bonds. The molecule has 8 heteroatoms. The molecule has 0 atom stereocenters. The van der Waals surface area contributed by atoms with Gasteiger partial charge in [0.1, 0.15) is 5.69 Å². The van der Waals surface area contributed by atoms with Gasteiger partial charge in [-0.25, -0.2) is 4.68 Å². The van der Waals surface area contributed by atoms with Crippen molar-refractivity contribution in [2.45, 2.75) is 39.0 Å². The monoisotopic (exact) mass is 419 g/mol. The van der Waals surface area contributed by atoms with E-state index < -0.39 is 0 Å². The summed E-state index contributed by atoms with van der Waals surface area (Å²) in [6.45, 7) is 3.02. The summed E-state index contributed by atoms with van der Waals surface area (Å²) in [5.74, 6) is -0.380. The van der Waals surface area contributed by atoms with Crippen LogP contribution in [0.4, 0.5) is 0 Å². The number of ether oxygens (including phenoxy) is 1. The maximum Gasteiger partial charge on any atom is 0.274 e. The third-order valence-electron chi connectivity index (χ3n) is 4.95. The van der Waals surface area contributed by atoms with Crippen molar-refractivity contribution < 1.29 is 14.3 Å². The van der Waals surface area contributed by atoms with Crippen molar-refractivity contribution in [1.82, 2.24) is 25.6 Å². The molecular weight excluding hydrogens is 394 g/mol. The molecule has 1 saturated carbocycles. The second-order valence-corrected chi connectivity index (χ2v) is 7.43. The second kappa shape index (κ2) is 9.53. The summed E-state index contributed by atoms with van der Waals surface area (Å²) in [6, 6.07) is 17.0. The third kappa shape index (κ3) is 5.16. The third-order valence-corrected chi connectivity index (χ3v) is 4.95. The van der Waals surface area contributed by atoms with E-state index in [0.717, 1.165) is 18.4 Å². The van der Waals surface area contributed by atoms with Crippen LogP contribution in [0.3, 0.4) is 0 Å². The zero-order chi connectivity index (χ0) is 21.6. The van der Waals surface area contributed by atoms with Gasteiger partial charge in [-0.2, -0.15) is 0 Å². The van der Waals surface area contributed by atoms with Crippen LogP contribution >= 0.6 is 0 Å². The number of nitrogens with zero attached hydrogens (tertiary/aromatic N) is 3. The average molecular weight is 419 g/mol. The van der Waals surface area contributed by atoms with Crippen LogP contribution in [0.25, 0.3) is 5.69 Å². The van der Waals surface area contributed by atoms with Crippen molar-refractivity contribution in [2.24, 2.45) is 0 Å². The lowest BCUT2D eigenvalue weighted by atomic mass is 10.2. The van der Waals surface area contributed by atoms with Crippen LogP contribution in [-0.2, 0) is 18.0 Å². The first kappa shape index (κ1) is 20.7. The van der Waals surface area contributed by atoms with E-state index in [1.54, 1.807) is 28.9 Å². The molecule has 3 aromatic rings. The topological polar surface area (TPSA) is 98.1 Å². The maximum atomic E-state index is 12.7. The molecule has 1 heterocycles. The molecule has 31 heavy (non-hydrogen) atoms. The van der Waals surface area contributed by atoms with Crippen LogP contribution in [-0.4, -0.2) is 39.4 Å². The van der Waals surface area contributed by atoms with E-state index >= 15 is 0 Å². The molecule has 0 unspecified atom stereocenters. The van der Waals surface area contributed by atoms with E-state index in [4.69, 9.17) is 4.74 Å². The minimum atomic E-state index is -0.244. The fourth-order valence-electron chi connectivity index (χ4n) is 3.15. The zero-order valence-corrected chi connectivity index (χ0v) is 17.4. The van der Waals surface area contributed by atoms with E-state index in [1.807, 2.05) is 37.3 Å². The van der Waals surface area contributed by atoms with Gasteiger partial charge in [0.25, 0.3) is 11.8 Å². The van der Waals surface area contributed by atoms with Crippen molar-refractivity contribution in [3.8, 4) is 5.69 Å². The lowest BCUT2D eigenvalue weighted by Gasteiger charge is -2.10. The van der Waals surface area contributed by atoms with E-state index in [2.05, 4.69) is 20.9 Å². The van der Waals surface area contributed by atoms with Gasteiger partial charge >= 0.3 is 0 Å². The van der Waals surface area contributed by atoms with E-state index in [-0.39, 0.29) is 30.2 Å². The second-order valence-electron chi connectivity index (χ2n) is 7.43. The Morgan fingerprint density at radius 2 is 1.77 bits per heavy atom. The Labute approximate surface area is 180 Å². The van der Waals surface area contributed by atoms with Crippen molar-refractivity contribution in [1.29, 1.82) is 0 Å². The number of carbonyl (C=O) groups is 2. The van der Waals surface area contributed by atoms with E-state index in [9.17, 15) is 9.59 Å². The van der Waals surface area contributed by atoms with Gasteiger partial charge in [-0.3, -0.25) is 9.59 Å². The SMILES string of the molecule is CCNC(=O)c1ccc(-n2nnc(C(=O)NC3CC3)c2COCc2ccccc2)cc1. The number of aromatic nitrogens is 3. The summed E-state index contributed by atoms with van der Waals surface area (Å²) in [5, 5.41) is 14.1. The number of hydrogen-bond acceptors (Lipinski definition) is 5. The van der Waals surface area contributed by atoms with Crippen molar-refractivity contribution in [3.63, 3.8) is 0 Å². The Morgan fingerprint density at radius 1 is 1.03 bits per heavy atom. The van der Waals surface area contributed by atoms with Crippen LogP contribution in [0.1, 0.15) is 51.9 Å². The number of hydrogen-bond donors (Lipinski definition) is 2. The Hall–Kier alpha value is -3.52. The summed E-state index contributed by atoms with van der Waals surface area (Å²) in [6.07, 6.45) is 1.97. The molecule has 0 spiro atoms. The summed E-state index contributed by atoms with van der Waals surface area (Å²) in [7, 11) is 0. The smallest absolute Gasteiger partial charge is 0.274 e. The molecule has 1 aliphatic rings. The molecule has 1 fully saturated rings. The summed E-state index contributed by atoms with van der Waals surface area (Å²) >= 11 is 0. The lowest BCUT2D eigenvalue weighted by molar-refractivity contribution is 0.0912. The standard InChI is InChI=1S/C23H25N5O3/c1-2-24-22(29)17-8-12-19(13-9-17)28-20(15-31-14-16-6-4-3-5-7-16)21(26-27-28)23(30)25-18-10-11-18/h3-9,12-13,18H,2,10-11,14-15H2,1H3,(H,24,29)(H,25,30). The molecule has 0 saturated heterocycles. The number of carbonyl (C=O) groups excluding carboxylic acids is 2. The molecule has 2 aromatic carbocycles. The number of rotatable bonds is 9. The zero-order valence-electron chi connectivity index (χ0n) is 17.4. The van der Waals surface area contributed by atoms with Crippen molar-refractivity contribution >= 4 is 11.8 Å². The van der Waals surface area contributed by atoms with Crippen molar-refractivity contribution in [3.05, 3.63) is 77.1 Å². The van der Waals surface area contributed by atoms with Crippen LogP contribution in [0, 0.1) is 0 Å². The van der Waals surface area contributed by atoms with Gasteiger partial charge in [0.15, 0.2) is 5.69 Å². The molecule has 0 radical (unpaired) electrons. The highest BCUT2D eigenvalue weighted by atomic mass is 16.5. The minimum Gasteiger partial charge on any atom is -0.370 e. The molecule has 4 rings (SSSR count). The highest BCUT2D eigenvalue weighted by Crippen LogP contribution is 2.21. The molecule has 160 valence electrons. The fourth-order valence-corrected chi connectivity index (χ4v) is 3.15. The predicted octanol–water partition coefficient (Wildman–Crippen LogP) is 2.63. The maximum absolute atomic E-state index is 12.7. The van der Waals surface area contributed by atoms with Crippen LogP contribution in [0.5, 0.6) is 0 Å². The molecule has 0 aliphatic heterocycles. The molecule has 8 nitrogen and oxygen atoms in total. The first-order valence-electron chi connectivity index (χ1n) is 10.4. The normalized spacial score (nSPS) is 13.1. The van der Waals surface area contributed by atoms with Gasteiger partial charge in [-0.05, 0) is 49.6 Å². The number of amides is 2. The highest BCUT2D eigenvalue weighted by Gasteiger charge is 2.28. The van der Waals surface area contributed by atoms with Gasteiger partial charge in [-0.1, -0.05) is 35.5 Å². The fraction of sp³-hybridized carbons (Fsp3) is 0.304. The van der Waals surface area contributed by atoms with E-state index in [1.165, 1.54) is 0 Å². The van der Waals surface area contributed by atoms with Gasteiger partial charge in [0.2, 0.25) is 0 Å². The molecule has 0 bridgehead atoms. The largest absolute Gasteiger partial charge is 0.370 e. The summed E-state index contributed by atoms with van der Waals surface area (Å²) < 4.78 is 7.48. The molecule has 1 aromatic heterocycles. The predicted molar refractivity (Wildman–Crippen MR) is 115 cm³/mol. The molecule has 2 N–H and O–H groups in total. The van der Waals surface area contributed by atoms with Gasteiger partial charge in [-0.15, -0.1) is 5.10 Å². The summed E-state index contributed by atoms with van der Waals surface area (Å²) in [4.78, 5) is 24.7. The first-order chi connectivity index (χ1) is 15.2. The first-order valence-corrected chi connectivity index (χ1v) is 10.4. The van der Waals surface area contributed by atoms with Gasteiger partial charge < -0.3 is 15.4 Å². The molecular formula is C23H25N5O3. The molecule has 1 aliphatic carbocycles. The van der Waals surface area contributed by atoms with Crippen LogP contribution in [0.2, 0.25) is 0 Å². The number of nitrogens with one attached hydrogen (secondary N) is 2. The van der Waals surface area contributed by atoms with Crippen molar-refractivity contribution in [2.75, 3.05) is 6.54 Å². The highest BCUT2D eigenvalue weighted by molar-refractivity contribution is 5.94. The Balaban J connectivity index is 1.56. The quantitative estimate of drug-likeness (QED) is 0.556. The Bertz CT molecular complexity index is 1040. The average Bonchev–Trinajstić information content (AvgIpc) is 3.51. The lowest BCUT2D eigenvalue weighted by Crippen LogP contribution is -2.27. The Morgan fingerprint density at radius 3 is 2.45 bits per heavy atom.